The van der Waals surface area contributed by atoms with Crippen molar-refractivity contribution in [2.75, 3.05) is 6.61 Å². The summed E-state index contributed by atoms with van der Waals surface area (Å²) < 4.78 is 19.4. The van der Waals surface area contributed by atoms with Gasteiger partial charge in [0.1, 0.15) is 18.2 Å². The molecule has 2 aromatic carbocycles. The molecule has 0 aromatic heterocycles. The molecule has 0 spiro atoms. The molecule has 0 heterocycles. The smallest absolute Gasteiger partial charge is 0.123 e. The quantitative estimate of drug-likeness (QED) is 0.911. The molecular formula is C15H14BrFO2. The van der Waals surface area contributed by atoms with Crippen molar-refractivity contribution in [1.82, 2.24) is 0 Å². The normalized spacial score (nSPS) is 12.2. The van der Waals surface area contributed by atoms with E-state index < -0.39 is 6.10 Å². The van der Waals surface area contributed by atoms with Gasteiger partial charge in [-0.25, -0.2) is 4.39 Å². The Labute approximate surface area is 120 Å². The molecule has 2 aromatic rings. The Morgan fingerprint density at radius 3 is 2.63 bits per heavy atom. The van der Waals surface area contributed by atoms with Crippen molar-refractivity contribution < 1.29 is 14.2 Å². The number of para-hydroxylation sites is 1. The van der Waals surface area contributed by atoms with Gasteiger partial charge in [-0.05, 0) is 35.9 Å². The van der Waals surface area contributed by atoms with Crippen LogP contribution in [-0.4, -0.2) is 17.8 Å². The van der Waals surface area contributed by atoms with Gasteiger partial charge < -0.3 is 9.84 Å². The van der Waals surface area contributed by atoms with Gasteiger partial charge in [-0.1, -0.05) is 34.1 Å². The molecule has 19 heavy (non-hydrogen) atoms. The van der Waals surface area contributed by atoms with E-state index in [9.17, 15) is 9.50 Å². The maximum atomic E-state index is 13.1. The number of hydrogen-bond acceptors (Lipinski definition) is 2. The van der Waals surface area contributed by atoms with E-state index in [1.165, 1.54) is 12.1 Å². The van der Waals surface area contributed by atoms with Crippen molar-refractivity contribution in [2.24, 2.45) is 0 Å². The Morgan fingerprint density at radius 2 is 1.89 bits per heavy atom. The van der Waals surface area contributed by atoms with Gasteiger partial charge in [0, 0.05) is 10.9 Å². The van der Waals surface area contributed by atoms with Gasteiger partial charge in [-0.2, -0.15) is 0 Å². The summed E-state index contributed by atoms with van der Waals surface area (Å²) in [5, 5.41) is 9.91. The Bertz CT molecular complexity index is 531. The monoisotopic (exact) mass is 324 g/mol. The first-order valence-electron chi connectivity index (χ1n) is 5.95. The highest BCUT2D eigenvalue weighted by molar-refractivity contribution is 9.10. The summed E-state index contributed by atoms with van der Waals surface area (Å²) in [6, 6.07) is 13.7. The van der Waals surface area contributed by atoms with Crippen molar-refractivity contribution in [1.29, 1.82) is 0 Å². The summed E-state index contributed by atoms with van der Waals surface area (Å²) >= 11 is 3.34. The van der Waals surface area contributed by atoms with E-state index in [4.69, 9.17) is 4.74 Å². The van der Waals surface area contributed by atoms with E-state index in [0.29, 0.717) is 12.2 Å². The molecule has 0 saturated carbocycles. The molecule has 1 N–H and O–H groups in total. The minimum Gasteiger partial charge on any atom is -0.491 e. The zero-order chi connectivity index (χ0) is 13.7. The minimum atomic E-state index is -0.682. The van der Waals surface area contributed by atoms with Gasteiger partial charge in [0.25, 0.3) is 0 Å². The van der Waals surface area contributed by atoms with Crippen LogP contribution in [0.4, 0.5) is 4.39 Å². The van der Waals surface area contributed by atoms with Gasteiger partial charge in [0.15, 0.2) is 0 Å². The number of aliphatic hydroxyl groups is 1. The fourth-order valence-electron chi connectivity index (χ4n) is 1.72. The minimum absolute atomic E-state index is 0.174. The molecule has 2 nitrogen and oxygen atoms in total. The van der Waals surface area contributed by atoms with Crippen LogP contribution in [0, 0.1) is 5.82 Å². The van der Waals surface area contributed by atoms with Crippen LogP contribution < -0.4 is 4.74 Å². The molecule has 0 aliphatic carbocycles. The SMILES string of the molecule is OC(COc1ccccc1)Cc1cc(F)ccc1Br. The van der Waals surface area contributed by atoms with Gasteiger partial charge in [0.2, 0.25) is 0 Å². The zero-order valence-corrected chi connectivity index (χ0v) is 11.8. The second-order valence-electron chi connectivity index (χ2n) is 4.22. The van der Waals surface area contributed by atoms with Crippen molar-refractivity contribution in [3.63, 3.8) is 0 Å². The third-order valence-corrected chi connectivity index (χ3v) is 3.42. The summed E-state index contributed by atoms with van der Waals surface area (Å²) in [6.45, 7) is 0.174. The standard InChI is InChI=1S/C15H14BrFO2/c16-15-7-6-12(17)8-11(15)9-13(18)10-19-14-4-2-1-3-5-14/h1-8,13,18H,9-10H2. The predicted molar refractivity (Wildman–Crippen MR) is 75.7 cm³/mol. The van der Waals surface area contributed by atoms with Crippen LogP contribution in [0.2, 0.25) is 0 Å². The summed E-state index contributed by atoms with van der Waals surface area (Å²) in [4.78, 5) is 0. The van der Waals surface area contributed by atoms with Gasteiger partial charge >= 0.3 is 0 Å². The maximum Gasteiger partial charge on any atom is 0.123 e. The number of rotatable bonds is 5. The molecule has 0 aliphatic rings. The highest BCUT2D eigenvalue weighted by atomic mass is 79.9. The lowest BCUT2D eigenvalue weighted by Crippen LogP contribution is -2.20. The van der Waals surface area contributed by atoms with Gasteiger partial charge in [-0.3, -0.25) is 0 Å². The van der Waals surface area contributed by atoms with Crippen molar-refractivity contribution in [2.45, 2.75) is 12.5 Å². The van der Waals surface area contributed by atoms with Crippen LogP contribution in [0.3, 0.4) is 0 Å². The average molecular weight is 325 g/mol. The second-order valence-corrected chi connectivity index (χ2v) is 5.07. The van der Waals surface area contributed by atoms with Crippen molar-refractivity contribution in [3.8, 4) is 5.75 Å². The Balaban J connectivity index is 1.90. The molecule has 4 heteroatoms. The summed E-state index contributed by atoms with van der Waals surface area (Å²) in [6.07, 6.45) is -0.344. The number of benzene rings is 2. The highest BCUT2D eigenvalue weighted by Gasteiger charge is 2.10. The second kappa shape index (κ2) is 6.68. The summed E-state index contributed by atoms with van der Waals surface area (Å²) in [7, 11) is 0. The lowest BCUT2D eigenvalue weighted by molar-refractivity contribution is 0.107. The van der Waals surface area contributed by atoms with Gasteiger partial charge in [0.05, 0.1) is 6.10 Å². The number of ether oxygens (including phenoxy) is 1. The fourth-order valence-corrected chi connectivity index (χ4v) is 2.13. The topological polar surface area (TPSA) is 29.5 Å². The molecule has 2 rings (SSSR count). The maximum absolute atomic E-state index is 13.1. The lowest BCUT2D eigenvalue weighted by atomic mass is 10.1. The number of halogens is 2. The van der Waals surface area contributed by atoms with E-state index in [2.05, 4.69) is 15.9 Å². The van der Waals surface area contributed by atoms with E-state index in [0.717, 1.165) is 10.0 Å². The largest absolute Gasteiger partial charge is 0.491 e. The molecule has 0 bridgehead atoms. The van der Waals surface area contributed by atoms with Crippen molar-refractivity contribution in [3.05, 3.63) is 64.4 Å². The zero-order valence-electron chi connectivity index (χ0n) is 10.2. The number of aliphatic hydroxyl groups excluding tert-OH is 1. The third kappa shape index (κ3) is 4.33. The first-order valence-corrected chi connectivity index (χ1v) is 6.74. The first-order chi connectivity index (χ1) is 9.15. The van der Waals surface area contributed by atoms with Crippen LogP contribution >= 0.6 is 15.9 Å². The van der Waals surface area contributed by atoms with E-state index >= 15 is 0 Å². The fraction of sp³-hybridized carbons (Fsp3) is 0.200. The van der Waals surface area contributed by atoms with Crippen molar-refractivity contribution >= 4 is 15.9 Å². The molecule has 100 valence electrons. The molecule has 0 amide bonds. The Kier molecular flexibility index (Phi) is 4.93. The summed E-state index contributed by atoms with van der Waals surface area (Å²) in [5.74, 6) is 0.397. The molecule has 0 radical (unpaired) electrons. The molecule has 0 fully saturated rings. The first kappa shape index (κ1) is 14.0. The molecule has 0 aliphatic heterocycles. The van der Waals surface area contributed by atoms with Crippen LogP contribution in [-0.2, 0) is 6.42 Å². The molecule has 1 atom stereocenters. The Hall–Kier alpha value is -1.39. The Morgan fingerprint density at radius 1 is 1.16 bits per heavy atom. The van der Waals surface area contributed by atoms with E-state index in [1.54, 1.807) is 6.07 Å². The molecule has 1 unspecified atom stereocenters. The van der Waals surface area contributed by atoms with Crippen LogP contribution in [0.15, 0.2) is 53.0 Å². The average Bonchev–Trinajstić information content (AvgIpc) is 2.42. The third-order valence-electron chi connectivity index (χ3n) is 2.65. The van der Waals surface area contributed by atoms with Gasteiger partial charge in [-0.15, -0.1) is 0 Å². The molecular weight excluding hydrogens is 311 g/mol. The molecule has 0 saturated heterocycles. The summed E-state index contributed by atoms with van der Waals surface area (Å²) in [5.41, 5.74) is 0.726. The lowest BCUT2D eigenvalue weighted by Gasteiger charge is -2.13. The van der Waals surface area contributed by atoms with Crippen LogP contribution in [0.25, 0.3) is 0 Å². The van der Waals surface area contributed by atoms with E-state index in [-0.39, 0.29) is 12.4 Å². The van der Waals surface area contributed by atoms with Crippen LogP contribution in [0.5, 0.6) is 5.75 Å². The van der Waals surface area contributed by atoms with Crippen LogP contribution in [0.1, 0.15) is 5.56 Å². The van der Waals surface area contributed by atoms with E-state index in [1.807, 2.05) is 30.3 Å². The highest BCUT2D eigenvalue weighted by Crippen LogP contribution is 2.19. The number of hydrogen-bond donors (Lipinski definition) is 1. The predicted octanol–water partition coefficient (Wildman–Crippen LogP) is 3.57.